The zero-order chi connectivity index (χ0) is 11.3. The van der Waals surface area contributed by atoms with E-state index < -0.39 is 10.5 Å². The molecule has 1 aromatic rings. The van der Waals surface area contributed by atoms with Crippen LogP contribution in [0.4, 0.5) is 5.69 Å². The largest absolute Gasteiger partial charge is 0.322 e. The van der Waals surface area contributed by atoms with E-state index in [0.29, 0.717) is 0 Å². The highest BCUT2D eigenvalue weighted by molar-refractivity contribution is 5.40. The van der Waals surface area contributed by atoms with Crippen LogP contribution >= 0.6 is 0 Å². The van der Waals surface area contributed by atoms with E-state index >= 15 is 0 Å². The zero-order valence-electron chi connectivity index (χ0n) is 7.48. The molecule has 0 saturated heterocycles. The Bertz CT molecular complexity index is 542. The second-order valence-corrected chi connectivity index (χ2v) is 2.49. The van der Waals surface area contributed by atoms with Gasteiger partial charge in [0.15, 0.2) is 0 Å². The molecule has 0 amide bonds. The summed E-state index contributed by atoms with van der Waals surface area (Å²) in [6.45, 7) is 0. The SMILES string of the molecule is N#CCC#Cc1cc([N+](=O)[O-])c[nH]c1=O. The highest BCUT2D eigenvalue weighted by Crippen LogP contribution is 2.06. The van der Waals surface area contributed by atoms with Gasteiger partial charge in [0, 0.05) is 6.07 Å². The fourth-order valence-electron chi connectivity index (χ4n) is 0.850. The van der Waals surface area contributed by atoms with Crippen LogP contribution in [0, 0.1) is 33.3 Å². The van der Waals surface area contributed by atoms with E-state index in [9.17, 15) is 14.9 Å². The van der Waals surface area contributed by atoms with Crippen molar-refractivity contribution in [3.63, 3.8) is 0 Å². The number of H-pyrrole nitrogens is 1. The van der Waals surface area contributed by atoms with Crippen LogP contribution in [0.1, 0.15) is 12.0 Å². The quantitative estimate of drug-likeness (QED) is 0.409. The first-order chi connectivity index (χ1) is 7.15. The lowest BCUT2D eigenvalue weighted by atomic mass is 10.2. The van der Waals surface area contributed by atoms with Gasteiger partial charge in [-0.25, -0.2) is 0 Å². The van der Waals surface area contributed by atoms with Crippen molar-refractivity contribution < 1.29 is 4.92 Å². The lowest BCUT2D eigenvalue weighted by Gasteiger charge is -1.90. The van der Waals surface area contributed by atoms with Crippen molar-refractivity contribution in [1.82, 2.24) is 4.98 Å². The molecule has 1 N–H and O–H groups in total. The molecule has 0 aliphatic rings. The molecular formula is C9H5N3O3. The molecule has 15 heavy (non-hydrogen) atoms. The summed E-state index contributed by atoms with van der Waals surface area (Å²) in [5, 5.41) is 18.6. The molecular weight excluding hydrogens is 198 g/mol. The van der Waals surface area contributed by atoms with Gasteiger partial charge in [-0.1, -0.05) is 11.8 Å². The lowest BCUT2D eigenvalue weighted by Crippen LogP contribution is -2.09. The van der Waals surface area contributed by atoms with Crippen molar-refractivity contribution >= 4 is 5.69 Å². The van der Waals surface area contributed by atoms with Gasteiger partial charge in [-0.05, 0) is 0 Å². The number of hydrogen-bond donors (Lipinski definition) is 1. The van der Waals surface area contributed by atoms with Crippen LogP contribution < -0.4 is 5.56 Å². The second kappa shape index (κ2) is 4.58. The fourth-order valence-corrected chi connectivity index (χ4v) is 0.850. The Balaban J connectivity index is 3.14. The second-order valence-electron chi connectivity index (χ2n) is 2.49. The van der Waals surface area contributed by atoms with E-state index in [1.165, 1.54) is 0 Å². The number of nitrogens with one attached hydrogen (secondary N) is 1. The van der Waals surface area contributed by atoms with Crippen molar-refractivity contribution in [3.8, 4) is 17.9 Å². The molecule has 0 aromatic carbocycles. The zero-order valence-corrected chi connectivity index (χ0v) is 7.48. The summed E-state index contributed by atoms with van der Waals surface area (Å²) in [6, 6.07) is 2.85. The summed E-state index contributed by atoms with van der Waals surface area (Å²) >= 11 is 0. The van der Waals surface area contributed by atoms with Crippen LogP contribution in [0.3, 0.4) is 0 Å². The summed E-state index contributed by atoms with van der Waals surface area (Å²) < 4.78 is 0. The topological polar surface area (TPSA) is 99.8 Å². The Morgan fingerprint density at radius 3 is 2.93 bits per heavy atom. The Morgan fingerprint density at radius 1 is 1.60 bits per heavy atom. The molecule has 0 radical (unpaired) electrons. The number of aromatic nitrogens is 1. The Labute approximate surface area is 84.3 Å². The Kier molecular flexibility index (Phi) is 3.20. The first kappa shape index (κ1) is 10.5. The predicted molar refractivity (Wildman–Crippen MR) is 50.8 cm³/mol. The number of aromatic amines is 1. The molecule has 0 bridgehead atoms. The van der Waals surface area contributed by atoms with E-state index in [4.69, 9.17) is 5.26 Å². The monoisotopic (exact) mass is 203 g/mol. The van der Waals surface area contributed by atoms with E-state index in [2.05, 4.69) is 16.8 Å². The van der Waals surface area contributed by atoms with Gasteiger partial charge in [0.2, 0.25) is 0 Å². The minimum absolute atomic E-state index is 0.0144. The van der Waals surface area contributed by atoms with Gasteiger partial charge < -0.3 is 4.98 Å². The van der Waals surface area contributed by atoms with Crippen molar-refractivity contribution in [3.05, 3.63) is 38.3 Å². The van der Waals surface area contributed by atoms with Crippen molar-refractivity contribution in [2.24, 2.45) is 0 Å². The fraction of sp³-hybridized carbons (Fsp3) is 0.111. The molecule has 0 saturated carbocycles. The Hall–Kier alpha value is -2.60. The van der Waals surface area contributed by atoms with Crippen LogP contribution in [-0.2, 0) is 0 Å². The average molecular weight is 203 g/mol. The van der Waals surface area contributed by atoms with Crippen LogP contribution in [0.15, 0.2) is 17.1 Å². The van der Waals surface area contributed by atoms with Gasteiger partial charge in [0.1, 0.15) is 0 Å². The molecule has 1 rings (SSSR count). The maximum atomic E-state index is 11.1. The maximum Gasteiger partial charge on any atom is 0.286 e. The molecule has 0 fully saturated rings. The number of nitriles is 1. The number of nitro groups is 1. The van der Waals surface area contributed by atoms with Crippen LogP contribution in [0.2, 0.25) is 0 Å². The van der Waals surface area contributed by atoms with E-state index in [1.54, 1.807) is 6.07 Å². The molecule has 1 heterocycles. The third-order valence-corrected chi connectivity index (χ3v) is 1.49. The third kappa shape index (κ3) is 2.68. The van der Waals surface area contributed by atoms with Gasteiger partial charge >= 0.3 is 0 Å². The standard InChI is InChI=1S/C9H5N3O3/c10-4-2-1-3-7-5-8(12(14)15)6-11-9(7)13/h5-6H,2H2,(H,11,13). The number of nitrogens with zero attached hydrogens (tertiary/aromatic N) is 2. The molecule has 0 atom stereocenters. The Morgan fingerprint density at radius 2 is 2.33 bits per heavy atom. The summed E-state index contributed by atoms with van der Waals surface area (Å²) in [5.74, 6) is 4.79. The van der Waals surface area contributed by atoms with E-state index in [1.807, 2.05) is 0 Å². The van der Waals surface area contributed by atoms with Crippen LogP contribution in [-0.4, -0.2) is 9.91 Å². The summed E-state index contributed by atoms with van der Waals surface area (Å²) in [5.41, 5.74) is -0.763. The molecule has 6 heteroatoms. The molecule has 0 aliphatic heterocycles. The molecule has 74 valence electrons. The van der Waals surface area contributed by atoms with Crippen molar-refractivity contribution in [2.45, 2.75) is 6.42 Å². The minimum Gasteiger partial charge on any atom is -0.322 e. The highest BCUT2D eigenvalue weighted by atomic mass is 16.6. The molecule has 0 aliphatic carbocycles. The maximum absolute atomic E-state index is 11.1. The van der Waals surface area contributed by atoms with Gasteiger partial charge in [-0.3, -0.25) is 14.9 Å². The van der Waals surface area contributed by atoms with Crippen LogP contribution in [0.25, 0.3) is 0 Å². The number of pyridine rings is 1. The van der Waals surface area contributed by atoms with Gasteiger partial charge in [0.25, 0.3) is 11.2 Å². The predicted octanol–water partition coefficient (Wildman–Crippen LogP) is 0.548. The molecule has 1 aromatic heterocycles. The summed E-state index contributed by atoms with van der Waals surface area (Å²) in [6.07, 6.45) is 0.972. The highest BCUT2D eigenvalue weighted by Gasteiger charge is 2.07. The van der Waals surface area contributed by atoms with Crippen molar-refractivity contribution in [1.29, 1.82) is 5.26 Å². The third-order valence-electron chi connectivity index (χ3n) is 1.49. The number of hydrogen-bond acceptors (Lipinski definition) is 4. The summed E-state index contributed by atoms with van der Waals surface area (Å²) in [7, 11) is 0. The van der Waals surface area contributed by atoms with E-state index in [0.717, 1.165) is 12.3 Å². The summed E-state index contributed by atoms with van der Waals surface area (Å²) in [4.78, 5) is 23.1. The van der Waals surface area contributed by atoms with Gasteiger partial charge in [-0.15, -0.1) is 0 Å². The van der Waals surface area contributed by atoms with Gasteiger partial charge in [0.05, 0.1) is 29.2 Å². The van der Waals surface area contributed by atoms with Crippen LogP contribution in [0.5, 0.6) is 0 Å². The van der Waals surface area contributed by atoms with Gasteiger partial charge in [-0.2, -0.15) is 5.26 Å². The lowest BCUT2D eigenvalue weighted by molar-refractivity contribution is -0.385. The smallest absolute Gasteiger partial charge is 0.286 e. The first-order valence-corrected chi connectivity index (χ1v) is 3.88. The minimum atomic E-state index is -0.634. The molecule has 0 unspecified atom stereocenters. The number of rotatable bonds is 1. The molecule has 6 nitrogen and oxygen atoms in total. The average Bonchev–Trinajstić information content (AvgIpc) is 2.20. The van der Waals surface area contributed by atoms with Crippen molar-refractivity contribution in [2.75, 3.05) is 0 Å². The molecule has 0 spiro atoms. The van der Waals surface area contributed by atoms with E-state index in [-0.39, 0.29) is 17.7 Å². The first-order valence-electron chi connectivity index (χ1n) is 3.88. The normalized spacial score (nSPS) is 8.47.